The largest absolute Gasteiger partial charge is 0.383 e. The van der Waals surface area contributed by atoms with Crippen LogP contribution in [0, 0.1) is 11.3 Å². The zero-order chi connectivity index (χ0) is 19.3. The Bertz CT molecular complexity index is 1230. The molecule has 2 atom stereocenters. The standard InChI is InChI=1S/C24H20N4/c1-24(22-23(26)28-12-6-5-9-20(28)27-22)14-18-11-10-16(15-25)13-19(18)21(24)17-7-3-2-4-8-17/h2-13,21H,14,26H2,1H3. The Morgan fingerprint density at radius 3 is 2.64 bits per heavy atom. The van der Waals surface area contributed by atoms with Gasteiger partial charge in [0.1, 0.15) is 11.5 Å². The van der Waals surface area contributed by atoms with Gasteiger partial charge in [-0.15, -0.1) is 0 Å². The van der Waals surface area contributed by atoms with E-state index in [4.69, 9.17) is 10.7 Å². The van der Waals surface area contributed by atoms with Gasteiger partial charge in [0.2, 0.25) is 0 Å². The second-order valence-corrected chi connectivity index (χ2v) is 7.74. The number of fused-ring (bicyclic) bond motifs is 2. The van der Waals surface area contributed by atoms with Crippen LogP contribution < -0.4 is 5.73 Å². The third kappa shape index (κ3) is 2.26. The first-order valence-corrected chi connectivity index (χ1v) is 9.43. The van der Waals surface area contributed by atoms with Crippen molar-refractivity contribution in [1.29, 1.82) is 5.26 Å². The molecular formula is C24H20N4. The van der Waals surface area contributed by atoms with Crippen LogP contribution in [0.15, 0.2) is 72.9 Å². The molecule has 0 amide bonds. The highest BCUT2D eigenvalue weighted by molar-refractivity contribution is 5.60. The quantitative estimate of drug-likeness (QED) is 0.572. The van der Waals surface area contributed by atoms with Crippen molar-refractivity contribution in [2.75, 3.05) is 5.73 Å². The molecule has 1 aliphatic carbocycles. The van der Waals surface area contributed by atoms with Gasteiger partial charge in [-0.25, -0.2) is 4.98 Å². The molecule has 0 bridgehead atoms. The molecule has 0 fully saturated rings. The van der Waals surface area contributed by atoms with Crippen LogP contribution >= 0.6 is 0 Å². The Morgan fingerprint density at radius 2 is 1.89 bits per heavy atom. The predicted molar refractivity (Wildman–Crippen MR) is 110 cm³/mol. The number of benzene rings is 2. The molecule has 2 N–H and O–H groups in total. The van der Waals surface area contributed by atoms with Crippen molar-refractivity contribution in [1.82, 2.24) is 9.38 Å². The van der Waals surface area contributed by atoms with Gasteiger partial charge in [0.15, 0.2) is 0 Å². The second-order valence-electron chi connectivity index (χ2n) is 7.74. The monoisotopic (exact) mass is 364 g/mol. The second kappa shape index (κ2) is 5.97. The summed E-state index contributed by atoms with van der Waals surface area (Å²) in [4.78, 5) is 4.94. The zero-order valence-corrected chi connectivity index (χ0v) is 15.6. The number of nitrogen functional groups attached to an aromatic ring is 1. The summed E-state index contributed by atoms with van der Waals surface area (Å²) >= 11 is 0. The Morgan fingerprint density at radius 1 is 1.11 bits per heavy atom. The van der Waals surface area contributed by atoms with E-state index in [0.29, 0.717) is 11.4 Å². The van der Waals surface area contributed by atoms with Gasteiger partial charge in [-0.3, -0.25) is 4.40 Å². The first-order chi connectivity index (χ1) is 13.6. The van der Waals surface area contributed by atoms with E-state index in [1.807, 2.05) is 47.0 Å². The molecule has 0 radical (unpaired) electrons. The van der Waals surface area contributed by atoms with E-state index in [1.165, 1.54) is 16.7 Å². The SMILES string of the molecule is CC1(c2nc3ccccn3c2N)Cc2ccc(C#N)cc2C1c1ccccc1. The fourth-order valence-electron chi connectivity index (χ4n) is 4.78. The number of nitrogens with two attached hydrogens (primary N) is 1. The molecule has 136 valence electrons. The number of aromatic nitrogens is 2. The lowest BCUT2D eigenvalue weighted by Crippen LogP contribution is -2.30. The van der Waals surface area contributed by atoms with E-state index >= 15 is 0 Å². The molecule has 2 aromatic heterocycles. The van der Waals surface area contributed by atoms with E-state index in [9.17, 15) is 5.26 Å². The Labute approximate surface area is 163 Å². The van der Waals surface area contributed by atoms with Gasteiger partial charge in [0, 0.05) is 17.5 Å². The molecule has 0 aliphatic heterocycles. The van der Waals surface area contributed by atoms with Gasteiger partial charge in [-0.2, -0.15) is 5.26 Å². The molecule has 0 saturated heterocycles. The zero-order valence-electron chi connectivity index (χ0n) is 15.6. The van der Waals surface area contributed by atoms with Crippen molar-refractivity contribution >= 4 is 11.5 Å². The molecule has 0 spiro atoms. The Hall–Kier alpha value is -3.58. The van der Waals surface area contributed by atoms with Gasteiger partial charge in [0.05, 0.1) is 17.3 Å². The smallest absolute Gasteiger partial charge is 0.138 e. The molecule has 2 heterocycles. The number of anilines is 1. The average molecular weight is 364 g/mol. The molecule has 1 aliphatic rings. The summed E-state index contributed by atoms with van der Waals surface area (Å²) in [7, 11) is 0. The van der Waals surface area contributed by atoms with Gasteiger partial charge < -0.3 is 5.73 Å². The number of nitrogens with zero attached hydrogens (tertiary/aromatic N) is 3. The highest BCUT2D eigenvalue weighted by Crippen LogP contribution is 2.53. The van der Waals surface area contributed by atoms with Crippen LogP contribution in [-0.4, -0.2) is 9.38 Å². The summed E-state index contributed by atoms with van der Waals surface area (Å²) in [5.74, 6) is 0.775. The summed E-state index contributed by atoms with van der Waals surface area (Å²) in [6.07, 6.45) is 2.79. The number of nitriles is 1. The van der Waals surface area contributed by atoms with Crippen molar-refractivity contribution in [2.45, 2.75) is 24.7 Å². The molecule has 4 aromatic rings. The van der Waals surface area contributed by atoms with Crippen LogP contribution in [-0.2, 0) is 11.8 Å². The van der Waals surface area contributed by atoms with E-state index < -0.39 is 0 Å². The first kappa shape index (κ1) is 16.6. The molecular weight excluding hydrogens is 344 g/mol. The predicted octanol–water partition coefficient (Wildman–Crippen LogP) is 4.43. The van der Waals surface area contributed by atoms with Crippen LogP contribution in [0.25, 0.3) is 5.65 Å². The van der Waals surface area contributed by atoms with Crippen LogP contribution in [0.1, 0.15) is 40.8 Å². The number of hydrogen-bond acceptors (Lipinski definition) is 3. The number of hydrogen-bond donors (Lipinski definition) is 1. The van der Waals surface area contributed by atoms with Crippen molar-refractivity contribution in [3.05, 3.63) is 101 Å². The van der Waals surface area contributed by atoms with Crippen molar-refractivity contribution in [3.8, 4) is 6.07 Å². The third-order valence-corrected chi connectivity index (χ3v) is 6.02. The van der Waals surface area contributed by atoms with Crippen LogP contribution in [0.5, 0.6) is 0 Å². The Kier molecular flexibility index (Phi) is 3.53. The lowest BCUT2D eigenvalue weighted by Gasteiger charge is -2.31. The summed E-state index contributed by atoms with van der Waals surface area (Å²) in [5, 5.41) is 9.43. The minimum atomic E-state index is -0.298. The molecule has 0 saturated carbocycles. The van der Waals surface area contributed by atoms with Gasteiger partial charge in [-0.05, 0) is 47.4 Å². The van der Waals surface area contributed by atoms with Gasteiger partial charge in [-0.1, -0.05) is 49.4 Å². The summed E-state index contributed by atoms with van der Waals surface area (Å²) in [6, 6.07) is 24.7. The van der Waals surface area contributed by atoms with E-state index in [1.54, 1.807) is 0 Å². The summed E-state index contributed by atoms with van der Waals surface area (Å²) < 4.78 is 1.95. The normalized spacial score (nSPS) is 20.8. The van der Waals surface area contributed by atoms with E-state index in [-0.39, 0.29) is 11.3 Å². The summed E-state index contributed by atoms with van der Waals surface area (Å²) in [5.41, 5.74) is 12.4. The van der Waals surface area contributed by atoms with Crippen LogP contribution in [0.4, 0.5) is 5.82 Å². The number of pyridine rings is 1. The van der Waals surface area contributed by atoms with Crippen LogP contribution in [0.3, 0.4) is 0 Å². The number of rotatable bonds is 2. The minimum absolute atomic E-state index is 0.0872. The van der Waals surface area contributed by atoms with Gasteiger partial charge in [0.25, 0.3) is 0 Å². The topological polar surface area (TPSA) is 67.1 Å². The van der Waals surface area contributed by atoms with Crippen LogP contribution in [0.2, 0.25) is 0 Å². The summed E-state index contributed by atoms with van der Waals surface area (Å²) in [6.45, 7) is 2.24. The molecule has 4 heteroatoms. The van der Waals surface area contributed by atoms with Crippen molar-refractivity contribution < 1.29 is 0 Å². The third-order valence-electron chi connectivity index (χ3n) is 6.02. The lowest BCUT2D eigenvalue weighted by molar-refractivity contribution is 0.440. The van der Waals surface area contributed by atoms with Crippen molar-refractivity contribution in [2.24, 2.45) is 0 Å². The lowest BCUT2D eigenvalue weighted by atomic mass is 9.71. The molecule has 2 aromatic carbocycles. The molecule has 5 rings (SSSR count). The number of imidazole rings is 1. The molecule has 28 heavy (non-hydrogen) atoms. The fraction of sp³-hybridized carbons (Fsp3) is 0.167. The maximum Gasteiger partial charge on any atom is 0.138 e. The average Bonchev–Trinajstić information content (AvgIpc) is 3.23. The molecule has 2 unspecified atom stereocenters. The molecule has 4 nitrogen and oxygen atoms in total. The van der Waals surface area contributed by atoms with Gasteiger partial charge >= 0.3 is 0 Å². The van der Waals surface area contributed by atoms with E-state index in [2.05, 4.69) is 43.3 Å². The Balaban J connectivity index is 1.77. The fourth-order valence-corrected chi connectivity index (χ4v) is 4.78. The van der Waals surface area contributed by atoms with E-state index in [0.717, 1.165) is 17.8 Å². The highest BCUT2D eigenvalue weighted by atomic mass is 15.1. The first-order valence-electron chi connectivity index (χ1n) is 9.43. The minimum Gasteiger partial charge on any atom is -0.383 e. The maximum atomic E-state index is 9.43. The van der Waals surface area contributed by atoms with Crippen molar-refractivity contribution in [3.63, 3.8) is 0 Å². The highest BCUT2D eigenvalue weighted by Gasteiger charge is 2.47. The maximum absolute atomic E-state index is 9.43.